The van der Waals surface area contributed by atoms with Gasteiger partial charge in [0.25, 0.3) is 11.1 Å². The van der Waals surface area contributed by atoms with E-state index in [1.807, 2.05) is 29.2 Å². The summed E-state index contributed by atoms with van der Waals surface area (Å²) in [6.07, 6.45) is 1.75. The van der Waals surface area contributed by atoms with Crippen LogP contribution in [0, 0.1) is 0 Å². The number of carbonyl (C=O) groups is 1. The van der Waals surface area contributed by atoms with Gasteiger partial charge in [0.1, 0.15) is 6.10 Å². The highest BCUT2D eigenvalue weighted by molar-refractivity contribution is 7.20. The molecular weight excluding hydrogens is 364 g/mol. The van der Waals surface area contributed by atoms with Crippen molar-refractivity contribution >= 4 is 50.4 Å². The van der Waals surface area contributed by atoms with Gasteiger partial charge in [-0.25, -0.2) is 4.98 Å². The molecule has 3 heterocycles. The van der Waals surface area contributed by atoms with Gasteiger partial charge in [0.2, 0.25) is 0 Å². The maximum atomic E-state index is 12.4. The first-order valence-electron chi connectivity index (χ1n) is 7.76. The molecule has 1 saturated heterocycles. The summed E-state index contributed by atoms with van der Waals surface area (Å²) >= 11 is 8.81. The maximum Gasteiger partial charge on any atom is 0.274 e. The summed E-state index contributed by atoms with van der Waals surface area (Å²) in [5, 5.41) is 0.714. The smallest absolute Gasteiger partial charge is 0.274 e. The number of halogens is 1. The molecule has 1 amide bonds. The van der Waals surface area contributed by atoms with Crippen molar-refractivity contribution in [2.24, 2.45) is 0 Å². The summed E-state index contributed by atoms with van der Waals surface area (Å²) in [6.45, 7) is 1.40. The van der Waals surface area contributed by atoms with Crippen LogP contribution >= 0.6 is 34.3 Å². The topological polar surface area (TPSA) is 42.4 Å². The van der Waals surface area contributed by atoms with Gasteiger partial charge >= 0.3 is 0 Å². The number of hydrogen-bond donors (Lipinski definition) is 0. The van der Waals surface area contributed by atoms with E-state index in [1.54, 1.807) is 23.5 Å². The number of amides is 1. The van der Waals surface area contributed by atoms with Crippen LogP contribution < -0.4 is 4.74 Å². The highest BCUT2D eigenvalue weighted by Crippen LogP contribution is 2.30. The van der Waals surface area contributed by atoms with Crippen molar-refractivity contribution in [2.75, 3.05) is 13.1 Å². The number of fused-ring (bicyclic) bond motifs is 1. The highest BCUT2D eigenvalue weighted by Gasteiger charge is 2.26. The Morgan fingerprint density at radius 3 is 2.67 bits per heavy atom. The van der Waals surface area contributed by atoms with Crippen molar-refractivity contribution in [1.82, 2.24) is 9.88 Å². The van der Waals surface area contributed by atoms with Crippen molar-refractivity contribution in [3.8, 4) is 5.19 Å². The number of hydrogen-bond acceptors (Lipinski definition) is 5. The zero-order chi connectivity index (χ0) is 16.5. The second-order valence-electron chi connectivity index (χ2n) is 5.66. The fourth-order valence-corrected chi connectivity index (χ4v) is 4.70. The number of thiophene rings is 1. The predicted octanol–water partition coefficient (Wildman–Crippen LogP) is 4.69. The minimum Gasteiger partial charge on any atom is -0.467 e. The molecule has 2 aromatic heterocycles. The maximum absolute atomic E-state index is 12.4. The van der Waals surface area contributed by atoms with Gasteiger partial charge in [0.05, 0.1) is 19.4 Å². The van der Waals surface area contributed by atoms with Crippen molar-refractivity contribution in [1.29, 1.82) is 0 Å². The first kappa shape index (κ1) is 15.9. The number of rotatable bonds is 3. The van der Waals surface area contributed by atoms with Gasteiger partial charge in [-0.1, -0.05) is 35.1 Å². The molecule has 0 N–H and O–H groups in total. The molecule has 0 unspecified atom stereocenters. The van der Waals surface area contributed by atoms with Crippen molar-refractivity contribution in [3.63, 3.8) is 0 Å². The van der Waals surface area contributed by atoms with E-state index < -0.39 is 0 Å². The molecule has 124 valence electrons. The average Bonchev–Trinajstić information content (AvgIpc) is 3.20. The molecule has 1 aliphatic heterocycles. The highest BCUT2D eigenvalue weighted by atomic mass is 35.5. The number of aromatic nitrogens is 1. The summed E-state index contributed by atoms with van der Waals surface area (Å²) < 4.78 is 7.81. The Kier molecular flexibility index (Phi) is 4.43. The van der Waals surface area contributed by atoms with Crippen LogP contribution in [0.4, 0.5) is 0 Å². The lowest BCUT2D eigenvalue weighted by Crippen LogP contribution is -2.41. The zero-order valence-corrected chi connectivity index (χ0v) is 15.2. The van der Waals surface area contributed by atoms with Crippen molar-refractivity contribution in [2.45, 2.75) is 18.9 Å². The van der Waals surface area contributed by atoms with Crippen LogP contribution in [-0.2, 0) is 0 Å². The molecule has 0 radical (unpaired) electrons. The molecule has 0 saturated carbocycles. The SMILES string of the molecule is O=C(c1ccc(Cl)s1)N1CCC(Oc2nc3ccccc3s2)CC1. The molecule has 1 aromatic carbocycles. The lowest BCUT2D eigenvalue weighted by molar-refractivity contribution is 0.0600. The molecular formula is C17H15ClN2O2S2. The number of carbonyl (C=O) groups excluding carboxylic acids is 1. The van der Waals surface area contributed by atoms with Crippen LogP contribution in [0.1, 0.15) is 22.5 Å². The standard InChI is InChI=1S/C17H15ClN2O2S2/c18-15-6-5-14(23-15)16(21)20-9-7-11(8-10-20)22-17-19-12-3-1-2-4-13(12)24-17/h1-6,11H,7-10H2. The van der Waals surface area contributed by atoms with E-state index in [0.29, 0.717) is 27.5 Å². The van der Waals surface area contributed by atoms with Gasteiger partial charge in [-0.2, -0.15) is 0 Å². The third kappa shape index (κ3) is 3.27. The number of ether oxygens (including phenoxy) is 1. The van der Waals surface area contributed by atoms with Crippen LogP contribution in [0.5, 0.6) is 5.19 Å². The van der Waals surface area contributed by atoms with Crippen molar-refractivity contribution < 1.29 is 9.53 Å². The van der Waals surface area contributed by atoms with Crippen LogP contribution in [0.25, 0.3) is 10.2 Å². The molecule has 0 spiro atoms. The lowest BCUT2D eigenvalue weighted by atomic mass is 10.1. The number of nitrogens with zero attached hydrogens (tertiary/aromatic N) is 2. The minimum atomic E-state index is 0.0605. The summed E-state index contributed by atoms with van der Waals surface area (Å²) in [7, 11) is 0. The Hall–Kier alpha value is -1.63. The van der Waals surface area contributed by atoms with Crippen molar-refractivity contribution in [3.05, 3.63) is 45.6 Å². The zero-order valence-electron chi connectivity index (χ0n) is 12.8. The summed E-state index contributed by atoms with van der Waals surface area (Å²) in [4.78, 5) is 19.5. The number of benzene rings is 1. The Morgan fingerprint density at radius 2 is 1.96 bits per heavy atom. The van der Waals surface area contributed by atoms with Gasteiger partial charge in [-0.3, -0.25) is 4.79 Å². The number of para-hydroxylation sites is 1. The third-order valence-corrected chi connectivity index (χ3v) is 6.20. The van der Waals surface area contributed by atoms with Crippen LogP contribution in [0.15, 0.2) is 36.4 Å². The Bertz CT molecular complexity index is 835. The van der Waals surface area contributed by atoms with E-state index in [4.69, 9.17) is 16.3 Å². The average molecular weight is 379 g/mol. The Balaban J connectivity index is 1.36. The monoisotopic (exact) mass is 378 g/mol. The minimum absolute atomic E-state index is 0.0605. The second kappa shape index (κ2) is 6.70. The van der Waals surface area contributed by atoms with Crippen LogP contribution in [0.3, 0.4) is 0 Å². The van der Waals surface area contributed by atoms with Gasteiger partial charge in [-0.05, 0) is 24.3 Å². The van der Waals surface area contributed by atoms with Gasteiger partial charge in [-0.15, -0.1) is 11.3 Å². The first-order valence-corrected chi connectivity index (χ1v) is 9.77. The van der Waals surface area contributed by atoms with Gasteiger partial charge in [0.15, 0.2) is 0 Å². The second-order valence-corrected chi connectivity index (χ2v) is 8.37. The first-order chi connectivity index (χ1) is 11.7. The normalized spacial score (nSPS) is 15.8. The molecule has 24 heavy (non-hydrogen) atoms. The number of likely N-dealkylation sites (tertiary alicyclic amines) is 1. The molecule has 0 bridgehead atoms. The molecule has 0 atom stereocenters. The fourth-order valence-electron chi connectivity index (χ4n) is 2.81. The van der Waals surface area contributed by atoms with Crippen LogP contribution in [-0.4, -0.2) is 35.0 Å². The molecule has 3 aromatic rings. The van der Waals surface area contributed by atoms with E-state index in [9.17, 15) is 4.79 Å². The summed E-state index contributed by atoms with van der Waals surface area (Å²) in [6, 6.07) is 11.6. The van der Waals surface area contributed by atoms with Gasteiger partial charge in [0, 0.05) is 25.9 Å². The van der Waals surface area contributed by atoms with E-state index in [1.165, 1.54) is 11.3 Å². The molecule has 1 aliphatic rings. The molecule has 4 nitrogen and oxygen atoms in total. The lowest BCUT2D eigenvalue weighted by Gasteiger charge is -2.31. The predicted molar refractivity (Wildman–Crippen MR) is 98.5 cm³/mol. The summed E-state index contributed by atoms with van der Waals surface area (Å²) in [5.41, 5.74) is 0.972. The quantitative estimate of drug-likeness (QED) is 0.663. The molecule has 4 rings (SSSR count). The molecule has 7 heteroatoms. The van der Waals surface area contributed by atoms with E-state index in [0.717, 1.165) is 23.1 Å². The Morgan fingerprint density at radius 1 is 1.17 bits per heavy atom. The third-order valence-electron chi connectivity index (χ3n) is 4.05. The van der Waals surface area contributed by atoms with E-state index in [-0.39, 0.29) is 12.0 Å². The van der Waals surface area contributed by atoms with E-state index in [2.05, 4.69) is 4.98 Å². The molecule has 1 fully saturated rings. The molecule has 0 aliphatic carbocycles. The largest absolute Gasteiger partial charge is 0.467 e. The van der Waals surface area contributed by atoms with Crippen LogP contribution in [0.2, 0.25) is 4.34 Å². The fraction of sp³-hybridized carbons (Fsp3) is 0.294. The number of thiazole rings is 1. The van der Waals surface area contributed by atoms with E-state index >= 15 is 0 Å². The van der Waals surface area contributed by atoms with Gasteiger partial charge < -0.3 is 9.64 Å². The Labute approximate surface area is 152 Å². The number of piperidine rings is 1. The summed E-state index contributed by atoms with van der Waals surface area (Å²) in [5.74, 6) is 0.0605.